The highest BCUT2D eigenvalue weighted by Gasteiger charge is 1.94. The highest BCUT2D eigenvalue weighted by molar-refractivity contribution is 5.73. The van der Waals surface area contributed by atoms with Gasteiger partial charge in [-0.15, -0.1) is 0 Å². The van der Waals surface area contributed by atoms with E-state index in [9.17, 15) is 14.4 Å². The number of nitrogens with one attached hydrogen (secondary N) is 2. The molecule has 12 heavy (non-hydrogen) atoms. The summed E-state index contributed by atoms with van der Waals surface area (Å²) >= 11 is 0. The molecule has 0 radical (unpaired) electrons. The summed E-state index contributed by atoms with van der Waals surface area (Å²) in [5, 5.41) is 4.13. The molecule has 2 N–H and O–H groups in total. The van der Waals surface area contributed by atoms with E-state index in [0.717, 1.165) is 6.07 Å². The summed E-state index contributed by atoms with van der Waals surface area (Å²) in [4.78, 5) is 31.3. The van der Waals surface area contributed by atoms with Gasteiger partial charge in [0, 0.05) is 6.07 Å². The second kappa shape index (κ2) is 3.34. The summed E-state index contributed by atoms with van der Waals surface area (Å²) in [6.07, 6.45) is 0.348. The van der Waals surface area contributed by atoms with E-state index in [4.69, 9.17) is 0 Å². The minimum absolute atomic E-state index is 0.0224. The smallest absolute Gasteiger partial charge is 0.278 e. The first kappa shape index (κ1) is 8.01. The number of hydrogen-bond acceptors (Lipinski definition) is 3. The molecule has 0 aliphatic rings. The van der Waals surface area contributed by atoms with E-state index >= 15 is 0 Å². The van der Waals surface area contributed by atoms with Gasteiger partial charge in [0.25, 0.3) is 11.1 Å². The maximum atomic E-state index is 10.8. The van der Waals surface area contributed by atoms with E-state index in [2.05, 4.69) is 16.1 Å². The maximum Gasteiger partial charge on any atom is 0.278 e. The number of hydrogen-bond donors (Lipinski definition) is 2. The maximum absolute atomic E-state index is 10.8. The van der Waals surface area contributed by atoms with Gasteiger partial charge in [0.1, 0.15) is 0 Å². The van der Waals surface area contributed by atoms with Crippen LogP contribution in [-0.2, 0) is 4.79 Å². The SMILES string of the molecule is O=CC#Cc1cc(=O)[nH][nH]c1=O. The molecule has 1 rings (SSSR count). The van der Waals surface area contributed by atoms with Crippen LogP contribution in [0.2, 0.25) is 0 Å². The van der Waals surface area contributed by atoms with Gasteiger partial charge >= 0.3 is 0 Å². The number of carbonyl (C=O) groups excluding carboxylic acids is 1. The van der Waals surface area contributed by atoms with Crippen molar-refractivity contribution >= 4 is 6.29 Å². The third kappa shape index (κ3) is 1.70. The van der Waals surface area contributed by atoms with Gasteiger partial charge in [-0.05, 0) is 5.92 Å². The number of carbonyl (C=O) groups is 1. The molecule has 0 aliphatic carbocycles. The van der Waals surface area contributed by atoms with Crippen molar-refractivity contribution in [2.75, 3.05) is 0 Å². The van der Waals surface area contributed by atoms with Gasteiger partial charge < -0.3 is 0 Å². The van der Waals surface area contributed by atoms with Gasteiger partial charge in [0.15, 0.2) is 6.29 Å². The van der Waals surface area contributed by atoms with E-state index in [1.54, 1.807) is 0 Å². The van der Waals surface area contributed by atoms with Crippen LogP contribution >= 0.6 is 0 Å². The summed E-state index contributed by atoms with van der Waals surface area (Å²) in [5.74, 6) is 4.25. The lowest BCUT2D eigenvalue weighted by Crippen LogP contribution is -2.20. The zero-order valence-electron chi connectivity index (χ0n) is 5.88. The Labute approximate surface area is 66.4 Å². The molecule has 0 saturated carbocycles. The van der Waals surface area contributed by atoms with Crippen LogP contribution in [0.15, 0.2) is 15.7 Å². The fourth-order valence-corrected chi connectivity index (χ4v) is 0.618. The lowest BCUT2D eigenvalue weighted by Gasteiger charge is -1.84. The monoisotopic (exact) mass is 164 g/mol. The van der Waals surface area contributed by atoms with Crippen molar-refractivity contribution in [1.29, 1.82) is 0 Å². The van der Waals surface area contributed by atoms with E-state index < -0.39 is 11.1 Å². The van der Waals surface area contributed by atoms with Crippen LogP contribution in [0.25, 0.3) is 0 Å². The number of aldehydes is 1. The Hall–Kier alpha value is -2.09. The average molecular weight is 164 g/mol. The Kier molecular flexibility index (Phi) is 2.23. The zero-order chi connectivity index (χ0) is 8.97. The first-order valence-electron chi connectivity index (χ1n) is 3.01. The molecular weight excluding hydrogens is 160 g/mol. The normalized spacial score (nSPS) is 8.33. The molecule has 0 aliphatic heterocycles. The summed E-state index contributed by atoms with van der Waals surface area (Å²) in [5.41, 5.74) is -1.01. The summed E-state index contributed by atoms with van der Waals surface area (Å²) in [7, 11) is 0. The third-order valence-electron chi connectivity index (χ3n) is 1.09. The second-order valence-electron chi connectivity index (χ2n) is 1.89. The van der Waals surface area contributed by atoms with Crippen LogP contribution in [0.1, 0.15) is 5.56 Å². The van der Waals surface area contributed by atoms with Crippen LogP contribution in [0.3, 0.4) is 0 Å². The predicted molar refractivity (Wildman–Crippen MR) is 40.6 cm³/mol. The minimum atomic E-state index is -0.524. The second-order valence-corrected chi connectivity index (χ2v) is 1.89. The summed E-state index contributed by atoms with van der Waals surface area (Å²) < 4.78 is 0. The molecule has 1 aromatic rings. The van der Waals surface area contributed by atoms with Crippen molar-refractivity contribution in [3.05, 3.63) is 32.3 Å². The van der Waals surface area contributed by atoms with E-state index in [-0.39, 0.29) is 5.56 Å². The molecule has 0 aromatic carbocycles. The molecule has 60 valence electrons. The Morgan fingerprint density at radius 1 is 1.33 bits per heavy atom. The zero-order valence-corrected chi connectivity index (χ0v) is 5.88. The fraction of sp³-hybridized carbons (Fsp3) is 0. The molecule has 0 fully saturated rings. The predicted octanol–water partition coefficient (Wildman–Crippen LogP) is -1.39. The van der Waals surface area contributed by atoms with Crippen molar-refractivity contribution in [2.45, 2.75) is 0 Å². The van der Waals surface area contributed by atoms with Crippen LogP contribution in [0, 0.1) is 11.8 Å². The van der Waals surface area contributed by atoms with Gasteiger partial charge in [-0.1, -0.05) is 5.92 Å². The molecule has 0 amide bonds. The van der Waals surface area contributed by atoms with Gasteiger partial charge in [-0.25, -0.2) is 0 Å². The minimum Gasteiger partial charge on any atom is -0.289 e. The van der Waals surface area contributed by atoms with Crippen molar-refractivity contribution in [2.24, 2.45) is 0 Å². The number of H-pyrrole nitrogens is 2. The van der Waals surface area contributed by atoms with E-state index in [1.807, 2.05) is 5.92 Å². The van der Waals surface area contributed by atoms with Crippen LogP contribution in [-0.4, -0.2) is 16.5 Å². The number of aromatic amines is 2. The first-order chi connectivity index (χ1) is 5.74. The number of rotatable bonds is 0. The molecule has 5 heteroatoms. The standard InChI is InChI=1S/C7H4N2O3/c10-3-1-2-5-4-6(11)8-9-7(5)12/h3-4H,(H,8,11)(H,9,12). The molecule has 1 heterocycles. The highest BCUT2D eigenvalue weighted by Crippen LogP contribution is 1.76. The fourth-order valence-electron chi connectivity index (χ4n) is 0.618. The molecule has 1 aromatic heterocycles. The van der Waals surface area contributed by atoms with Gasteiger partial charge in [-0.2, -0.15) is 0 Å². The number of aromatic nitrogens is 2. The Morgan fingerprint density at radius 2 is 2.08 bits per heavy atom. The molecule has 0 spiro atoms. The Bertz CT molecular complexity index is 458. The van der Waals surface area contributed by atoms with Gasteiger partial charge in [0.05, 0.1) is 5.56 Å². The van der Waals surface area contributed by atoms with Crippen molar-refractivity contribution in [3.63, 3.8) is 0 Å². The van der Waals surface area contributed by atoms with E-state index in [1.165, 1.54) is 0 Å². The molecule has 5 nitrogen and oxygen atoms in total. The molecule has 0 bridgehead atoms. The van der Waals surface area contributed by atoms with Crippen LogP contribution < -0.4 is 11.1 Å². The first-order valence-corrected chi connectivity index (χ1v) is 3.01. The van der Waals surface area contributed by atoms with Crippen molar-refractivity contribution < 1.29 is 4.79 Å². The molecular formula is C7H4N2O3. The van der Waals surface area contributed by atoms with Crippen LogP contribution in [0.4, 0.5) is 0 Å². The lowest BCUT2D eigenvalue weighted by molar-refractivity contribution is -0.103. The topological polar surface area (TPSA) is 82.8 Å². The Morgan fingerprint density at radius 3 is 2.75 bits per heavy atom. The van der Waals surface area contributed by atoms with Crippen LogP contribution in [0.5, 0.6) is 0 Å². The quantitative estimate of drug-likeness (QED) is 0.366. The Balaban J connectivity index is 3.32. The highest BCUT2D eigenvalue weighted by atomic mass is 16.1. The van der Waals surface area contributed by atoms with Crippen molar-refractivity contribution in [1.82, 2.24) is 10.2 Å². The largest absolute Gasteiger partial charge is 0.289 e. The lowest BCUT2D eigenvalue weighted by atomic mass is 10.3. The van der Waals surface area contributed by atoms with Gasteiger partial charge in [-0.3, -0.25) is 24.6 Å². The molecule has 0 atom stereocenters. The average Bonchev–Trinajstić information content (AvgIpc) is 2.07. The van der Waals surface area contributed by atoms with Gasteiger partial charge in [0.2, 0.25) is 0 Å². The van der Waals surface area contributed by atoms with Crippen molar-refractivity contribution in [3.8, 4) is 11.8 Å². The summed E-state index contributed by atoms with van der Waals surface area (Å²) in [6.45, 7) is 0. The summed E-state index contributed by atoms with van der Waals surface area (Å²) in [6, 6.07) is 1.02. The molecule has 0 unspecified atom stereocenters. The molecule has 0 saturated heterocycles. The van der Waals surface area contributed by atoms with E-state index in [0.29, 0.717) is 6.29 Å². The third-order valence-corrected chi connectivity index (χ3v) is 1.09.